The summed E-state index contributed by atoms with van der Waals surface area (Å²) in [7, 11) is 0. The van der Waals surface area contributed by atoms with Crippen molar-refractivity contribution in [2.75, 3.05) is 0 Å². The normalized spacial score (nSPS) is 20.4. The Bertz CT molecular complexity index is 329. The molecule has 0 aromatic heterocycles. The number of benzene rings is 1. The van der Waals surface area contributed by atoms with Crippen LogP contribution in [0.25, 0.3) is 0 Å². The minimum atomic E-state index is -0.190. The molecule has 4 heteroatoms. The van der Waals surface area contributed by atoms with Gasteiger partial charge in [-0.1, -0.05) is 0 Å². The molecule has 1 N–H and O–H groups in total. The molecule has 2 atom stereocenters. The number of nitrogens with one attached hydrogen (secondary N) is 1. The molecule has 2 unspecified atom stereocenters. The van der Waals surface area contributed by atoms with Crippen LogP contribution in [0, 0.1) is 5.82 Å². The molecule has 0 spiro atoms. The first kappa shape index (κ1) is 8.08. The van der Waals surface area contributed by atoms with Crippen molar-refractivity contribution in [3.63, 3.8) is 0 Å². The molecule has 1 aromatic carbocycles. The average molecular weight is 229 g/mol. The monoisotopic (exact) mass is 229 g/mol. The quantitative estimate of drug-likeness (QED) is 0.634. The van der Waals surface area contributed by atoms with E-state index in [1.165, 1.54) is 22.9 Å². The fourth-order valence-electron chi connectivity index (χ4n) is 1.26. The summed E-state index contributed by atoms with van der Waals surface area (Å²) in [6, 6.07) is 3.41. The van der Waals surface area contributed by atoms with Crippen molar-refractivity contribution in [3.05, 3.63) is 23.5 Å². The minimum absolute atomic E-state index is 0.162. The maximum absolute atomic E-state index is 13.0. The van der Waals surface area contributed by atoms with Crippen molar-refractivity contribution in [2.24, 2.45) is 0 Å². The van der Waals surface area contributed by atoms with E-state index >= 15 is 0 Å². The van der Waals surface area contributed by atoms with Gasteiger partial charge < -0.3 is 0 Å². The van der Waals surface area contributed by atoms with Crippen LogP contribution in [0.1, 0.15) is 18.5 Å². The van der Waals surface area contributed by atoms with Gasteiger partial charge in [0.05, 0.1) is 0 Å². The summed E-state index contributed by atoms with van der Waals surface area (Å²) in [5.74, 6) is 0.479. The van der Waals surface area contributed by atoms with Crippen LogP contribution in [0.3, 0.4) is 0 Å². The molecule has 0 radical (unpaired) electrons. The molecule has 0 fully saturated rings. The van der Waals surface area contributed by atoms with Gasteiger partial charge in [0.1, 0.15) is 0 Å². The van der Waals surface area contributed by atoms with Crippen LogP contribution >= 0.6 is 0 Å². The number of hydrogen-bond acceptors (Lipinski definition) is 2. The molecule has 1 aliphatic rings. The zero-order valence-electron chi connectivity index (χ0n) is 6.60. The molecule has 2 rings (SSSR count). The summed E-state index contributed by atoms with van der Waals surface area (Å²) in [6.45, 7) is 1.98. The SMILES string of the molecule is CC1NOc2c1ccc(F)c2[AsH2]. The molecule has 0 saturated heterocycles. The maximum atomic E-state index is 13.0. The van der Waals surface area contributed by atoms with Gasteiger partial charge in [0.2, 0.25) is 0 Å². The Kier molecular flexibility index (Phi) is 1.85. The second-order valence-corrected chi connectivity index (χ2v) is 4.03. The zero-order valence-corrected chi connectivity index (χ0v) is 9.02. The zero-order chi connectivity index (χ0) is 8.72. The van der Waals surface area contributed by atoms with Crippen LogP contribution in [-0.2, 0) is 0 Å². The molecule has 12 heavy (non-hydrogen) atoms. The third kappa shape index (κ3) is 1.05. The van der Waals surface area contributed by atoms with Gasteiger partial charge in [0.25, 0.3) is 0 Å². The fraction of sp³-hybridized carbons (Fsp3) is 0.250. The summed E-state index contributed by atoms with van der Waals surface area (Å²) in [5.41, 5.74) is 3.83. The molecule has 1 aromatic rings. The number of hydroxylamine groups is 1. The Morgan fingerprint density at radius 3 is 3.08 bits per heavy atom. The van der Waals surface area contributed by atoms with Crippen LogP contribution in [0.5, 0.6) is 5.75 Å². The standard InChI is InChI=1S/C8H9AsFNO/c1-4-5-2-3-6(10)7(9)8(5)12-11-4/h2-4,11H,9H2,1H3. The van der Waals surface area contributed by atoms with Crippen LogP contribution in [0.15, 0.2) is 12.1 Å². The molecule has 2 nitrogen and oxygen atoms in total. The van der Waals surface area contributed by atoms with E-state index in [0.717, 1.165) is 5.56 Å². The predicted molar refractivity (Wildman–Crippen MR) is 46.8 cm³/mol. The summed E-state index contributed by atoms with van der Waals surface area (Å²) < 4.78 is 13.6. The van der Waals surface area contributed by atoms with E-state index in [4.69, 9.17) is 4.84 Å². The summed E-state index contributed by atoms with van der Waals surface area (Å²) in [6.07, 6.45) is 0. The molecular weight excluding hydrogens is 220 g/mol. The van der Waals surface area contributed by atoms with Crippen molar-refractivity contribution in [3.8, 4) is 5.75 Å². The second-order valence-electron chi connectivity index (χ2n) is 2.82. The fourth-order valence-corrected chi connectivity index (χ4v) is 1.93. The third-order valence-electron chi connectivity index (χ3n) is 1.98. The number of halogens is 1. The Labute approximate surface area is 78.6 Å². The summed E-state index contributed by atoms with van der Waals surface area (Å²) >= 11 is 1.25. The van der Waals surface area contributed by atoms with E-state index in [0.29, 0.717) is 10.1 Å². The van der Waals surface area contributed by atoms with Crippen molar-refractivity contribution >= 4 is 21.2 Å². The van der Waals surface area contributed by atoms with E-state index < -0.39 is 0 Å². The van der Waals surface area contributed by atoms with E-state index in [1.54, 1.807) is 6.07 Å². The second kappa shape index (κ2) is 2.75. The van der Waals surface area contributed by atoms with Gasteiger partial charge in [-0.25, -0.2) is 0 Å². The van der Waals surface area contributed by atoms with Gasteiger partial charge in [-0.05, 0) is 0 Å². The molecule has 1 heterocycles. The number of fused-ring (bicyclic) bond motifs is 1. The summed E-state index contributed by atoms with van der Waals surface area (Å²) in [4.78, 5) is 5.15. The predicted octanol–water partition coefficient (Wildman–Crippen LogP) is 0.0421. The van der Waals surface area contributed by atoms with Crippen molar-refractivity contribution in [1.29, 1.82) is 0 Å². The van der Waals surface area contributed by atoms with Gasteiger partial charge >= 0.3 is 78.1 Å². The van der Waals surface area contributed by atoms with Gasteiger partial charge in [0, 0.05) is 0 Å². The van der Waals surface area contributed by atoms with Gasteiger partial charge in [0.15, 0.2) is 0 Å². The first-order valence-corrected chi connectivity index (χ1v) is 4.91. The van der Waals surface area contributed by atoms with Gasteiger partial charge in [-0.3, -0.25) is 0 Å². The first-order valence-electron chi connectivity index (χ1n) is 3.70. The Morgan fingerprint density at radius 1 is 1.58 bits per heavy atom. The van der Waals surface area contributed by atoms with Crippen LogP contribution < -0.4 is 14.7 Å². The average Bonchev–Trinajstić information content (AvgIpc) is 2.41. The van der Waals surface area contributed by atoms with Gasteiger partial charge in [-0.2, -0.15) is 0 Å². The van der Waals surface area contributed by atoms with Crippen LogP contribution in [0.2, 0.25) is 0 Å². The van der Waals surface area contributed by atoms with Crippen molar-refractivity contribution in [2.45, 2.75) is 13.0 Å². The molecule has 0 saturated carbocycles. The van der Waals surface area contributed by atoms with E-state index in [2.05, 4.69) is 5.48 Å². The topological polar surface area (TPSA) is 21.3 Å². The van der Waals surface area contributed by atoms with Crippen molar-refractivity contribution in [1.82, 2.24) is 5.48 Å². The molecule has 0 amide bonds. The van der Waals surface area contributed by atoms with E-state index in [1.807, 2.05) is 6.92 Å². The molecule has 0 aliphatic carbocycles. The molecule has 64 valence electrons. The molecule has 1 aliphatic heterocycles. The first-order chi connectivity index (χ1) is 5.70. The molecule has 0 bridgehead atoms. The van der Waals surface area contributed by atoms with E-state index in [9.17, 15) is 4.39 Å². The summed E-state index contributed by atoms with van der Waals surface area (Å²) in [5, 5.41) is 0. The van der Waals surface area contributed by atoms with Crippen LogP contribution in [0.4, 0.5) is 4.39 Å². The Hall–Kier alpha value is -0.532. The van der Waals surface area contributed by atoms with E-state index in [-0.39, 0.29) is 11.9 Å². The van der Waals surface area contributed by atoms with Crippen molar-refractivity contribution < 1.29 is 9.23 Å². The Balaban J connectivity index is 2.60. The van der Waals surface area contributed by atoms with Crippen LogP contribution in [-0.4, -0.2) is 16.9 Å². The molecular formula is C8H9AsFNO. The third-order valence-corrected chi connectivity index (χ3v) is 3.11. The number of hydrogen-bond donors (Lipinski definition) is 1. The number of rotatable bonds is 0. The Morgan fingerprint density at radius 2 is 2.33 bits per heavy atom. The van der Waals surface area contributed by atoms with Gasteiger partial charge in [-0.15, -0.1) is 0 Å².